The zero-order valence-corrected chi connectivity index (χ0v) is 13.4. The van der Waals surface area contributed by atoms with Crippen LogP contribution in [0.3, 0.4) is 0 Å². The van der Waals surface area contributed by atoms with Crippen molar-refractivity contribution in [3.63, 3.8) is 0 Å². The number of nitriles is 1. The topological polar surface area (TPSA) is 56.6 Å². The van der Waals surface area contributed by atoms with E-state index in [1.54, 1.807) is 0 Å². The van der Waals surface area contributed by atoms with E-state index < -0.39 is 0 Å². The first kappa shape index (κ1) is 16.0. The molecule has 0 radical (unpaired) electrons. The van der Waals surface area contributed by atoms with Gasteiger partial charge in [0.05, 0.1) is 30.9 Å². The minimum Gasteiger partial charge on any atom is -0.378 e. The van der Waals surface area contributed by atoms with Crippen molar-refractivity contribution in [2.75, 3.05) is 32.8 Å². The highest BCUT2D eigenvalue weighted by Gasteiger charge is 2.32. The van der Waals surface area contributed by atoms with Crippen LogP contribution in [0.5, 0.6) is 0 Å². The van der Waals surface area contributed by atoms with E-state index in [0.29, 0.717) is 31.9 Å². The van der Waals surface area contributed by atoms with E-state index in [0.717, 1.165) is 37.9 Å². The SMILES string of the molecule is N#Cc1ccc(CN2CCCCC2C(=O)N2CCOCC2)cc1. The molecule has 1 atom stereocenters. The van der Waals surface area contributed by atoms with Crippen molar-refractivity contribution < 1.29 is 9.53 Å². The standard InChI is InChI=1S/C18H23N3O2/c19-13-15-4-6-16(7-5-15)14-21-8-2-1-3-17(21)18(22)20-9-11-23-12-10-20/h4-7,17H,1-3,8-12,14H2. The van der Waals surface area contributed by atoms with Crippen LogP contribution in [0.1, 0.15) is 30.4 Å². The number of carbonyl (C=O) groups excluding carboxylic acids is 1. The number of carbonyl (C=O) groups is 1. The molecule has 1 aromatic carbocycles. The molecule has 1 aromatic rings. The summed E-state index contributed by atoms with van der Waals surface area (Å²) in [6, 6.07) is 9.80. The Morgan fingerprint density at radius 2 is 1.91 bits per heavy atom. The molecule has 2 aliphatic rings. The lowest BCUT2D eigenvalue weighted by atomic mass is 9.99. The maximum Gasteiger partial charge on any atom is 0.240 e. The number of benzene rings is 1. The Labute approximate surface area is 137 Å². The molecule has 0 aliphatic carbocycles. The number of ether oxygens (including phenoxy) is 1. The fourth-order valence-electron chi connectivity index (χ4n) is 3.37. The van der Waals surface area contributed by atoms with E-state index in [1.165, 1.54) is 0 Å². The molecule has 2 saturated heterocycles. The summed E-state index contributed by atoms with van der Waals surface area (Å²) in [6.07, 6.45) is 3.19. The van der Waals surface area contributed by atoms with Gasteiger partial charge >= 0.3 is 0 Å². The second-order valence-corrected chi connectivity index (χ2v) is 6.23. The van der Waals surface area contributed by atoms with Crippen LogP contribution in [0.2, 0.25) is 0 Å². The molecule has 2 aliphatic heterocycles. The lowest BCUT2D eigenvalue weighted by Gasteiger charge is -2.38. The van der Waals surface area contributed by atoms with Crippen molar-refractivity contribution >= 4 is 5.91 Å². The van der Waals surface area contributed by atoms with Crippen LogP contribution in [0, 0.1) is 11.3 Å². The Morgan fingerprint density at radius 3 is 2.61 bits per heavy atom. The van der Waals surface area contributed by atoms with Gasteiger partial charge < -0.3 is 9.64 Å². The van der Waals surface area contributed by atoms with Crippen molar-refractivity contribution in [2.45, 2.75) is 31.8 Å². The first-order valence-electron chi connectivity index (χ1n) is 8.37. The Bertz CT molecular complexity index is 573. The zero-order chi connectivity index (χ0) is 16.1. The molecule has 0 N–H and O–H groups in total. The summed E-state index contributed by atoms with van der Waals surface area (Å²) in [7, 11) is 0. The van der Waals surface area contributed by atoms with E-state index in [4.69, 9.17) is 10.00 Å². The number of morpholine rings is 1. The van der Waals surface area contributed by atoms with Crippen molar-refractivity contribution in [1.29, 1.82) is 5.26 Å². The molecule has 0 saturated carbocycles. The molecular weight excluding hydrogens is 290 g/mol. The molecule has 2 fully saturated rings. The summed E-state index contributed by atoms with van der Waals surface area (Å²) < 4.78 is 5.35. The number of hydrogen-bond acceptors (Lipinski definition) is 4. The van der Waals surface area contributed by atoms with Crippen LogP contribution in [-0.2, 0) is 16.1 Å². The van der Waals surface area contributed by atoms with Gasteiger partial charge in [0.1, 0.15) is 0 Å². The smallest absolute Gasteiger partial charge is 0.240 e. The van der Waals surface area contributed by atoms with Crippen molar-refractivity contribution in [3.05, 3.63) is 35.4 Å². The van der Waals surface area contributed by atoms with E-state index >= 15 is 0 Å². The Kier molecular flexibility index (Phi) is 5.27. The molecule has 5 heteroatoms. The third-order valence-corrected chi connectivity index (χ3v) is 4.69. The summed E-state index contributed by atoms with van der Waals surface area (Å²) in [5, 5.41) is 8.89. The zero-order valence-electron chi connectivity index (χ0n) is 13.4. The molecule has 0 aromatic heterocycles. The van der Waals surface area contributed by atoms with Crippen molar-refractivity contribution in [2.24, 2.45) is 0 Å². The number of likely N-dealkylation sites (tertiary alicyclic amines) is 1. The van der Waals surface area contributed by atoms with Gasteiger partial charge in [0, 0.05) is 19.6 Å². The van der Waals surface area contributed by atoms with Gasteiger partial charge in [-0.3, -0.25) is 9.69 Å². The number of rotatable bonds is 3. The normalized spacial score (nSPS) is 22.6. The van der Waals surface area contributed by atoms with E-state index in [2.05, 4.69) is 11.0 Å². The molecule has 23 heavy (non-hydrogen) atoms. The van der Waals surface area contributed by atoms with Crippen LogP contribution in [-0.4, -0.2) is 54.6 Å². The van der Waals surface area contributed by atoms with Crippen molar-refractivity contribution in [3.8, 4) is 6.07 Å². The van der Waals surface area contributed by atoms with E-state index in [1.807, 2.05) is 29.2 Å². The third kappa shape index (κ3) is 3.90. The second-order valence-electron chi connectivity index (χ2n) is 6.23. The Hall–Kier alpha value is -1.90. The monoisotopic (exact) mass is 313 g/mol. The van der Waals surface area contributed by atoms with Gasteiger partial charge in [0.25, 0.3) is 0 Å². The van der Waals surface area contributed by atoms with Crippen LogP contribution >= 0.6 is 0 Å². The Balaban J connectivity index is 1.67. The summed E-state index contributed by atoms with van der Waals surface area (Å²) in [6.45, 7) is 4.44. The highest BCUT2D eigenvalue weighted by atomic mass is 16.5. The number of hydrogen-bond donors (Lipinski definition) is 0. The van der Waals surface area contributed by atoms with Gasteiger partial charge in [-0.2, -0.15) is 5.26 Å². The maximum atomic E-state index is 12.8. The van der Waals surface area contributed by atoms with Gasteiger partial charge in [0.15, 0.2) is 0 Å². The van der Waals surface area contributed by atoms with Gasteiger partial charge in [-0.25, -0.2) is 0 Å². The van der Waals surface area contributed by atoms with Crippen molar-refractivity contribution in [1.82, 2.24) is 9.80 Å². The summed E-state index contributed by atoms with van der Waals surface area (Å²) in [5.74, 6) is 0.252. The average molecular weight is 313 g/mol. The molecule has 2 heterocycles. The molecule has 5 nitrogen and oxygen atoms in total. The minimum atomic E-state index is -0.0162. The quantitative estimate of drug-likeness (QED) is 0.853. The molecule has 1 amide bonds. The van der Waals surface area contributed by atoms with Gasteiger partial charge in [-0.15, -0.1) is 0 Å². The molecular formula is C18H23N3O2. The number of nitrogens with zero attached hydrogens (tertiary/aromatic N) is 3. The summed E-state index contributed by atoms with van der Waals surface area (Å²) >= 11 is 0. The lowest BCUT2D eigenvalue weighted by Crippen LogP contribution is -2.53. The first-order valence-corrected chi connectivity index (χ1v) is 8.37. The van der Waals surface area contributed by atoms with Crippen LogP contribution in [0.15, 0.2) is 24.3 Å². The summed E-state index contributed by atoms with van der Waals surface area (Å²) in [4.78, 5) is 17.1. The van der Waals surface area contributed by atoms with Gasteiger partial charge in [0.2, 0.25) is 5.91 Å². The highest BCUT2D eigenvalue weighted by molar-refractivity contribution is 5.82. The predicted octanol–water partition coefficient (Wildman–Crippen LogP) is 1.77. The molecule has 122 valence electrons. The average Bonchev–Trinajstić information content (AvgIpc) is 2.63. The number of amides is 1. The first-order chi connectivity index (χ1) is 11.3. The minimum absolute atomic E-state index is 0.0162. The number of piperidine rings is 1. The molecule has 0 bridgehead atoms. The Morgan fingerprint density at radius 1 is 1.17 bits per heavy atom. The maximum absolute atomic E-state index is 12.8. The van der Waals surface area contributed by atoms with Crippen LogP contribution < -0.4 is 0 Å². The van der Waals surface area contributed by atoms with E-state index in [-0.39, 0.29) is 11.9 Å². The summed E-state index contributed by atoms with van der Waals surface area (Å²) in [5.41, 5.74) is 1.83. The highest BCUT2D eigenvalue weighted by Crippen LogP contribution is 2.22. The molecule has 1 unspecified atom stereocenters. The van der Waals surface area contributed by atoms with E-state index in [9.17, 15) is 4.79 Å². The largest absolute Gasteiger partial charge is 0.378 e. The van der Waals surface area contributed by atoms with Gasteiger partial charge in [-0.05, 0) is 37.1 Å². The fraction of sp³-hybridized carbons (Fsp3) is 0.556. The fourth-order valence-corrected chi connectivity index (χ4v) is 3.37. The third-order valence-electron chi connectivity index (χ3n) is 4.69. The lowest BCUT2D eigenvalue weighted by molar-refractivity contribution is -0.142. The predicted molar refractivity (Wildman–Crippen MR) is 86.6 cm³/mol. The van der Waals surface area contributed by atoms with Crippen LogP contribution in [0.25, 0.3) is 0 Å². The molecule has 0 spiro atoms. The van der Waals surface area contributed by atoms with Crippen LogP contribution in [0.4, 0.5) is 0 Å². The van der Waals surface area contributed by atoms with Gasteiger partial charge in [-0.1, -0.05) is 18.6 Å². The molecule has 3 rings (SSSR count). The second kappa shape index (κ2) is 7.58.